The fourth-order valence-corrected chi connectivity index (χ4v) is 2.11. The molecule has 3 N–H and O–H groups in total. The molecule has 1 atom stereocenters. The lowest BCUT2D eigenvalue weighted by molar-refractivity contribution is 0.775. The molecule has 1 unspecified atom stereocenters. The van der Waals surface area contributed by atoms with E-state index in [0.29, 0.717) is 12.5 Å². The summed E-state index contributed by atoms with van der Waals surface area (Å²) < 4.78 is 0. The summed E-state index contributed by atoms with van der Waals surface area (Å²) in [6, 6.07) is 10.2. The third kappa shape index (κ3) is 2.22. The third-order valence-electron chi connectivity index (χ3n) is 3.36. The van der Waals surface area contributed by atoms with E-state index in [2.05, 4.69) is 34.0 Å². The Morgan fingerprint density at radius 2 is 2.21 bits per heavy atom. The molecule has 2 heterocycles. The van der Waals surface area contributed by atoms with Crippen molar-refractivity contribution >= 4 is 11.0 Å². The molecule has 0 aliphatic carbocycles. The molecule has 0 saturated carbocycles. The Bertz CT molecular complexity index is 688. The van der Waals surface area contributed by atoms with Gasteiger partial charge in [-0.25, -0.2) is 4.98 Å². The average Bonchev–Trinajstić information content (AvgIpc) is 2.90. The van der Waals surface area contributed by atoms with Crippen LogP contribution in [0, 0.1) is 0 Å². The zero-order valence-corrected chi connectivity index (χ0v) is 10.8. The van der Waals surface area contributed by atoms with Crippen molar-refractivity contribution in [3.05, 3.63) is 48.3 Å². The van der Waals surface area contributed by atoms with Gasteiger partial charge in [-0.1, -0.05) is 13.0 Å². The van der Waals surface area contributed by atoms with Crippen LogP contribution < -0.4 is 5.73 Å². The van der Waals surface area contributed by atoms with E-state index in [-0.39, 0.29) is 0 Å². The Hall–Kier alpha value is -2.20. The number of nitrogens with two attached hydrogens (primary N) is 1. The first kappa shape index (κ1) is 11.9. The lowest BCUT2D eigenvalue weighted by atomic mass is 10.0. The van der Waals surface area contributed by atoms with Gasteiger partial charge in [0.05, 0.1) is 11.0 Å². The Morgan fingerprint density at radius 1 is 1.32 bits per heavy atom. The number of hydrogen-bond acceptors (Lipinski definition) is 3. The van der Waals surface area contributed by atoms with Gasteiger partial charge in [0.1, 0.15) is 5.82 Å². The van der Waals surface area contributed by atoms with Crippen LogP contribution in [-0.4, -0.2) is 21.5 Å². The highest BCUT2D eigenvalue weighted by Crippen LogP contribution is 2.23. The van der Waals surface area contributed by atoms with Crippen molar-refractivity contribution in [1.82, 2.24) is 15.0 Å². The summed E-state index contributed by atoms with van der Waals surface area (Å²) in [6.07, 6.45) is 3.56. The molecule has 19 heavy (non-hydrogen) atoms. The predicted molar refractivity (Wildman–Crippen MR) is 76.8 cm³/mol. The van der Waals surface area contributed by atoms with Crippen molar-refractivity contribution in [2.45, 2.75) is 12.8 Å². The van der Waals surface area contributed by atoms with Crippen LogP contribution in [-0.2, 0) is 0 Å². The number of aromatic amines is 1. The molecular formula is C15H16N4. The van der Waals surface area contributed by atoms with E-state index in [4.69, 9.17) is 5.73 Å². The quantitative estimate of drug-likeness (QED) is 0.753. The van der Waals surface area contributed by atoms with Crippen LogP contribution in [0.5, 0.6) is 0 Å². The van der Waals surface area contributed by atoms with E-state index in [9.17, 15) is 0 Å². The summed E-state index contributed by atoms with van der Waals surface area (Å²) in [5.41, 5.74) is 9.94. The fraction of sp³-hybridized carbons (Fsp3) is 0.200. The zero-order chi connectivity index (χ0) is 13.2. The van der Waals surface area contributed by atoms with Crippen molar-refractivity contribution in [3.8, 4) is 11.4 Å². The number of aromatic nitrogens is 3. The maximum absolute atomic E-state index is 5.71. The van der Waals surface area contributed by atoms with Gasteiger partial charge in [0.25, 0.3) is 0 Å². The van der Waals surface area contributed by atoms with E-state index in [1.165, 1.54) is 5.56 Å². The molecule has 96 valence electrons. The molecule has 1 aromatic carbocycles. The molecule has 0 radical (unpaired) electrons. The highest BCUT2D eigenvalue weighted by atomic mass is 14.9. The molecule has 0 fully saturated rings. The van der Waals surface area contributed by atoms with Gasteiger partial charge in [-0.2, -0.15) is 0 Å². The first-order valence-corrected chi connectivity index (χ1v) is 6.38. The second kappa shape index (κ2) is 4.82. The lowest BCUT2D eigenvalue weighted by Gasteiger charge is -2.07. The SMILES string of the molecule is CC(CN)c1ccc2nc(-c3cccnc3)[nH]c2c1. The highest BCUT2D eigenvalue weighted by Gasteiger charge is 2.08. The van der Waals surface area contributed by atoms with Gasteiger partial charge in [0.15, 0.2) is 0 Å². The molecule has 3 aromatic rings. The van der Waals surface area contributed by atoms with E-state index in [0.717, 1.165) is 22.4 Å². The molecule has 3 rings (SSSR count). The van der Waals surface area contributed by atoms with E-state index >= 15 is 0 Å². The Labute approximate surface area is 111 Å². The van der Waals surface area contributed by atoms with Crippen LogP contribution in [0.25, 0.3) is 22.4 Å². The molecule has 0 aliphatic heterocycles. The number of hydrogen-bond donors (Lipinski definition) is 2. The second-order valence-corrected chi connectivity index (χ2v) is 4.74. The molecule has 2 aromatic heterocycles. The number of H-pyrrole nitrogens is 1. The number of rotatable bonds is 3. The molecule has 4 heteroatoms. The van der Waals surface area contributed by atoms with E-state index in [1.54, 1.807) is 12.4 Å². The topological polar surface area (TPSA) is 67.6 Å². The minimum absolute atomic E-state index is 0.356. The molecule has 0 saturated heterocycles. The number of nitrogens with one attached hydrogen (secondary N) is 1. The monoisotopic (exact) mass is 252 g/mol. The minimum atomic E-state index is 0.356. The summed E-state index contributed by atoms with van der Waals surface area (Å²) in [6.45, 7) is 2.77. The van der Waals surface area contributed by atoms with Crippen molar-refractivity contribution in [1.29, 1.82) is 0 Å². The average molecular weight is 252 g/mol. The number of nitrogens with zero attached hydrogens (tertiary/aromatic N) is 2. The summed E-state index contributed by atoms with van der Waals surface area (Å²) in [5, 5.41) is 0. The van der Waals surface area contributed by atoms with Crippen LogP contribution in [0.3, 0.4) is 0 Å². The summed E-state index contributed by atoms with van der Waals surface area (Å²) in [5.74, 6) is 1.20. The van der Waals surface area contributed by atoms with Crippen molar-refractivity contribution in [3.63, 3.8) is 0 Å². The molecule has 0 bridgehead atoms. The predicted octanol–water partition coefficient (Wildman–Crippen LogP) is 2.69. The van der Waals surface area contributed by atoms with Gasteiger partial charge in [-0.3, -0.25) is 4.98 Å². The summed E-state index contributed by atoms with van der Waals surface area (Å²) in [7, 11) is 0. The molecular weight excluding hydrogens is 236 g/mol. The van der Waals surface area contributed by atoms with Crippen LogP contribution in [0.1, 0.15) is 18.4 Å². The largest absolute Gasteiger partial charge is 0.338 e. The summed E-state index contributed by atoms with van der Waals surface area (Å²) in [4.78, 5) is 12.0. The molecule has 4 nitrogen and oxygen atoms in total. The first-order valence-electron chi connectivity index (χ1n) is 6.38. The third-order valence-corrected chi connectivity index (χ3v) is 3.36. The van der Waals surface area contributed by atoms with Gasteiger partial charge >= 0.3 is 0 Å². The van der Waals surface area contributed by atoms with Crippen LogP contribution >= 0.6 is 0 Å². The smallest absolute Gasteiger partial charge is 0.140 e. The van der Waals surface area contributed by atoms with E-state index in [1.807, 2.05) is 18.2 Å². The van der Waals surface area contributed by atoms with Crippen molar-refractivity contribution in [2.24, 2.45) is 5.73 Å². The Kier molecular flexibility index (Phi) is 3.01. The van der Waals surface area contributed by atoms with Gasteiger partial charge < -0.3 is 10.7 Å². The molecule has 0 spiro atoms. The minimum Gasteiger partial charge on any atom is -0.338 e. The van der Waals surface area contributed by atoms with Crippen LogP contribution in [0.15, 0.2) is 42.7 Å². The van der Waals surface area contributed by atoms with Crippen LogP contribution in [0.2, 0.25) is 0 Å². The molecule has 0 aliphatic rings. The fourth-order valence-electron chi connectivity index (χ4n) is 2.11. The van der Waals surface area contributed by atoms with Gasteiger partial charge in [-0.05, 0) is 42.3 Å². The zero-order valence-electron chi connectivity index (χ0n) is 10.8. The number of imidazole rings is 1. The first-order chi connectivity index (χ1) is 9.28. The highest BCUT2D eigenvalue weighted by molar-refractivity contribution is 5.80. The van der Waals surface area contributed by atoms with Crippen molar-refractivity contribution in [2.75, 3.05) is 6.54 Å². The van der Waals surface area contributed by atoms with Crippen molar-refractivity contribution < 1.29 is 0 Å². The Balaban J connectivity index is 2.06. The maximum Gasteiger partial charge on any atom is 0.140 e. The number of fused-ring (bicyclic) bond motifs is 1. The Morgan fingerprint density at radius 3 is 2.95 bits per heavy atom. The van der Waals surface area contributed by atoms with Crippen LogP contribution in [0.4, 0.5) is 0 Å². The van der Waals surface area contributed by atoms with Gasteiger partial charge in [-0.15, -0.1) is 0 Å². The second-order valence-electron chi connectivity index (χ2n) is 4.74. The molecule has 0 amide bonds. The maximum atomic E-state index is 5.71. The van der Waals surface area contributed by atoms with E-state index < -0.39 is 0 Å². The standard InChI is InChI=1S/C15H16N4/c1-10(8-16)11-4-5-13-14(7-11)19-15(18-13)12-3-2-6-17-9-12/h2-7,9-10H,8,16H2,1H3,(H,18,19). The summed E-state index contributed by atoms with van der Waals surface area (Å²) >= 11 is 0. The number of benzene rings is 1. The normalized spacial score (nSPS) is 12.7. The lowest BCUT2D eigenvalue weighted by Crippen LogP contribution is -2.08. The number of pyridine rings is 1. The van der Waals surface area contributed by atoms with Gasteiger partial charge in [0.2, 0.25) is 0 Å². The van der Waals surface area contributed by atoms with Gasteiger partial charge in [0, 0.05) is 18.0 Å².